The number of carbonyl (C=O) groups is 1. The molecule has 0 aromatic carbocycles. The van der Waals surface area contributed by atoms with Gasteiger partial charge in [0.1, 0.15) is 0 Å². The van der Waals surface area contributed by atoms with Gasteiger partial charge in [-0.2, -0.15) is 0 Å². The van der Waals surface area contributed by atoms with Crippen LogP contribution in [0.4, 0.5) is 4.79 Å². The van der Waals surface area contributed by atoms with Gasteiger partial charge in [0.05, 0.1) is 17.0 Å². The van der Waals surface area contributed by atoms with Crippen molar-refractivity contribution in [3.8, 4) is 11.8 Å². The molecule has 170 valence electrons. The average molecular weight is 467 g/mol. The van der Waals surface area contributed by atoms with Crippen LogP contribution < -0.4 is 16.0 Å². The van der Waals surface area contributed by atoms with Gasteiger partial charge in [0.15, 0.2) is 11.5 Å². The Balaban J connectivity index is 5.04. The van der Waals surface area contributed by atoms with E-state index in [0.717, 1.165) is 0 Å². The van der Waals surface area contributed by atoms with Crippen LogP contribution in [-0.2, 0) is 0 Å². The number of hydrogen-bond donors (Lipinski definition) is 5. The molecule has 0 rings (SSSR count). The molecule has 0 aromatic heterocycles. The summed E-state index contributed by atoms with van der Waals surface area (Å²) in [6.07, 6.45) is 8.67. The molecule has 2 unspecified atom stereocenters. The van der Waals surface area contributed by atoms with Crippen molar-refractivity contribution in [3.63, 3.8) is 0 Å². The first-order chi connectivity index (χ1) is 14.8. The molecule has 0 fully saturated rings. The molecule has 0 bridgehead atoms. The minimum absolute atomic E-state index is 0.0992. The minimum atomic E-state index is -1.41. The van der Waals surface area contributed by atoms with Crippen molar-refractivity contribution in [2.45, 2.75) is 25.5 Å². The molecule has 0 aliphatic heterocycles. The molecule has 0 heterocycles. The lowest BCUT2D eigenvalue weighted by molar-refractivity contribution is -0.0185. The lowest BCUT2D eigenvalue weighted by Gasteiger charge is -2.10. The Morgan fingerprint density at radius 3 is 2.58 bits per heavy atom. The zero-order chi connectivity index (χ0) is 23.6. The standard InChI is InChI=1S/C22H31ClN4O3S/c1-6-17(10-9-16(4)27-21(30)25-8-3)11-12-18(7-2)19(23)13-14-26-22(24-5)31-15-20(28)29/h6-7,9-10,13-14,18-20,28-29H,1-2,8,15H2,3-5H3,(H,24,26)(H2,25,27,30)/b14-13+,16-9+,17-10+. The van der Waals surface area contributed by atoms with E-state index in [1.165, 1.54) is 11.8 Å². The quantitative estimate of drug-likeness (QED) is 0.0647. The van der Waals surface area contributed by atoms with E-state index in [9.17, 15) is 4.79 Å². The number of urea groups is 1. The number of rotatable bonds is 10. The van der Waals surface area contributed by atoms with Crippen molar-refractivity contribution in [1.29, 1.82) is 0 Å². The molecular weight excluding hydrogens is 436 g/mol. The second kappa shape index (κ2) is 17.3. The average Bonchev–Trinajstić information content (AvgIpc) is 2.72. The number of alkyl halides is 1. The maximum atomic E-state index is 11.5. The van der Waals surface area contributed by atoms with Gasteiger partial charge in [-0.3, -0.25) is 4.99 Å². The van der Waals surface area contributed by atoms with Crippen LogP contribution in [0.15, 0.2) is 66.0 Å². The summed E-state index contributed by atoms with van der Waals surface area (Å²) in [5.41, 5.74) is 1.32. The second-order valence-corrected chi connectivity index (χ2v) is 7.47. The molecule has 0 aromatic rings. The number of nitrogens with one attached hydrogen (secondary N) is 3. The molecule has 0 aliphatic carbocycles. The van der Waals surface area contributed by atoms with E-state index in [1.54, 1.807) is 50.6 Å². The number of allylic oxidation sites excluding steroid dienone is 7. The third-order valence-corrected chi connectivity index (χ3v) is 4.88. The van der Waals surface area contributed by atoms with E-state index >= 15 is 0 Å². The lowest BCUT2D eigenvalue weighted by Crippen LogP contribution is -2.33. The maximum Gasteiger partial charge on any atom is 0.318 e. The fourth-order valence-electron chi connectivity index (χ4n) is 1.89. The third kappa shape index (κ3) is 14.2. The minimum Gasteiger partial charge on any atom is -0.367 e. The third-order valence-electron chi connectivity index (χ3n) is 3.42. The molecule has 2 atom stereocenters. The number of aliphatic imine (C=N–C) groups is 1. The number of thioether (sulfide) groups is 1. The largest absolute Gasteiger partial charge is 0.367 e. The number of aliphatic hydroxyl groups excluding tert-OH is 1. The number of nitrogens with zero attached hydrogens (tertiary/aromatic N) is 1. The second-order valence-electron chi connectivity index (χ2n) is 5.96. The highest BCUT2D eigenvalue weighted by Gasteiger charge is 2.10. The Hall–Kier alpha value is -2.44. The topological polar surface area (TPSA) is 106 Å². The van der Waals surface area contributed by atoms with E-state index in [-0.39, 0.29) is 17.7 Å². The summed E-state index contributed by atoms with van der Waals surface area (Å²) in [6, 6.07) is -0.268. The van der Waals surface area contributed by atoms with Gasteiger partial charge in [-0.15, -0.1) is 18.2 Å². The monoisotopic (exact) mass is 466 g/mol. The van der Waals surface area contributed by atoms with E-state index in [1.807, 2.05) is 6.92 Å². The lowest BCUT2D eigenvalue weighted by atomic mass is 10.0. The Kier molecular flexibility index (Phi) is 15.9. The molecule has 7 nitrogen and oxygen atoms in total. The molecule has 5 N–H and O–H groups in total. The molecule has 0 spiro atoms. The van der Waals surface area contributed by atoms with Crippen molar-refractivity contribution in [2.75, 3.05) is 19.3 Å². The number of hydrogen-bond acceptors (Lipinski definition) is 5. The number of carbonyl (C=O) groups excluding carboxylic acids is 1. The summed E-state index contributed by atoms with van der Waals surface area (Å²) >= 11 is 7.57. The predicted molar refractivity (Wildman–Crippen MR) is 132 cm³/mol. The van der Waals surface area contributed by atoms with Gasteiger partial charge in [0, 0.05) is 31.1 Å². The Morgan fingerprint density at radius 2 is 2.03 bits per heavy atom. The highest BCUT2D eigenvalue weighted by molar-refractivity contribution is 8.13. The summed E-state index contributed by atoms with van der Waals surface area (Å²) in [7, 11) is 1.59. The summed E-state index contributed by atoms with van der Waals surface area (Å²) in [5, 5.41) is 26.2. The van der Waals surface area contributed by atoms with Crippen LogP contribution in [-0.4, -0.2) is 52.4 Å². The zero-order valence-corrected chi connectivity index (χ0v) is 19.6. The van der Waals surface area contributed by atoms with Crippen LogP contribution in [0.25, 0.3) is 0 Å². The molecular formula is C22H31ClN4O3S. The first-order valence-electron chi connectivity index (χ1n) is 9.50. The van der Waals surface area contributed by atoms with Gasteiger partial charge < -0.3 is 26.2 Å². The summed E-state index contributed by atoms with van der Waals surface area (Å²) in [6.45, 7) is 11.7. The van der Waals surface area contributed by atoms with Crippen LogP contribution in [0.3, 0.4) is 0 Å². The zero-order valence-electron chi connectivity index (χ0n) is 18.1. The smallest absolute Gasteiger partial charge is 0.318 e. The maximum absolute atomic E-state index is 11.5. The Morgan fingerprint density at radius 1 is 1.32 bits per heavy atom. The van der Waals surface area contributed by atoms with Crippen LogP contribution >= 0.6 is 23.4 Å². The van der Waals surface area contributed by atoms with E-state index in [4.69, 9.17) is 21.8 Å². The molecule has 31 heavy (non-hydrogen) atoms. The van der Waals surface area contributed by atoms with E-state index in [2.05, 4.69) is 45.9 Å². The molecule has 0 saturated carbocycles. The van der Waals surface area contributed by atoms with Crippen molar-refractivity contribution < 1.29 is 15.0 Å². The molecule has 0 aliphatic rings. The van der Waals surface area contributed by atoms with Crippen molar-refractivity contribution >= 4 is 34.6 Å². The van der Waals surface area contributed by atoms with Crippen LogP contribution in [0.2, 0.25) is 0 Å². The summed E-state index contributed by atoms with van der Waals surface area (Å²) in [4.78, 5) is 15.5. The highest BCUT2D eigenvalue weighted by atomic mass is 35.5. The Bertz CT molecular complexity index is 779. The fraction of sp³-hybridized carbons (Fsp3) is 0.364. The first kappa shape index (κ1) is 28.6. The normalized spacial score (nSPS) is 14.5. The summed E-state index contributed by atoms with van der Waals surface area (Å²) < 4.78 is 0. The van der Waals surface area contributed by atoms with Crippen molar-refractivity contribution in [3.05, 3.63) is 61.0 Å². The molecule has 0 radical (unpaired) electrons. The predicted octanol–water partition coefficient (Wildman–Crippen LogP) is 2.87. The summed E-state index contributed by atoms with van der Waals surface area (Å²) in [5.74, 6) is 5.83. The van der Waals surface area contributed by atoms with Crippen molar-refractivity contribution in [2.24, 2.45) is 10.9 Å². The number of amides is 2. The van der Waals surface area contributed by atoms with Gasteiger partial charge in [-0.1, -0.05) is 42.3 Å². The van der Waals surface area contributed by atoms with E-state index in [0.29, 0.717) is 23.0 Å². The van der Waals surface area contributed by atoms with Crippen LogP contribution in [0, 0.1) is 17.8 Å². The number of aliphatic hydroxyl groups is 2. The van der Waals surface area contributed by atoms with E-state index < -0.39 is 11.7 Å². The number of amidine groups is 1. The number of halogens is 1. The van der Waals surface area contributed by atoms with Crippen molar-refractivity contribution in [1.82, 2.24) is 16.0 Å². The van der Waals surface area contributed by atoms with Gasteiger partial charge in [-0.05, 0) is 32.1 Å². The fourth-order valence-corrected chi connectivity index (χ4v) is 2.72. The van der Waals surface area contributed by atoms with Crippen LogP contribution in [0.1, 0.15) is 13.8 Å². The highest BCUT2D eigenvalue weighted by Crippen LogP contribution is 2.13. The molecule has 0 saturated heterocycles. The van der Waals surface area contributed by atoms with Gasteiger partial charge in [0.25, 0.3) is 0 Å². The SMILES string of the molecule is C=C/C(C#CC(C=C)C(Cl)/C=C/NC(=NC)SCC(O)O)=C\C=C(/C)NC(=O)NCC. The van der Waals surface area contributed by atoms with Gasteiger partial charge >= 0.3 is 6.03 Å². The van der Waals surface area contributed by atoms with Gasteiger partial charge in [-0.25, -0.2) is 4.79 Å². The first-order valence-corrected chi connectivity index (χ1v) is 10.9. The molecule has 9 heteroatoms. The van der Waals surface area contributed by atoms with Gasteiger partial charge in [0.2, 0.25) is 0 Å². The molecule has 2 amide bonds. The van der Waals surface area contributed by atoms with Crippen LogP contribution in [0.5, 0.6) is 0 Å². The Labute approximate surface area is 194 Å².